The van der Waals surface area contributed by atoms with E-state index in [1.807, 2.05) is 0 Å². The molecular weight excluding hydrogens is 355 g/mol. The zero-order valence-corrected chi connectivity index (χ0v) is 12.0. The van der Waals surface area contributed by atoms with Crippen LogP contribution in [-0.4, -0.2) is 23.7 Å². The zero-order valence-electron chi connectivity index (χ0n) is 8.85. The molecule has 1 aromatic rings. The van der Waals surface area contributed by atoms with E-state index in [9.17, 15) is 18.0 Å². The fraction of sp³-hybridized carbons (Fsp3) is 0.300. The minimum atomic E-state index is -4.27. The van der Waals surface area contributed by atoms with Crippen molar-refractivity contribution in [3.8, 4) is 0 Å². The second-order valence-electron chi connectivity index (χ2n) is 3.21. The second-order valence-corrected chi connectivity index (χ2v) is 5.72. The van der Waals surface area contributed by atoms with Crippen LogP contribution in [0.3, 0.4) is 0 Å². The molecule has 0 aromatic heterocycles. The molecule has 0 aliphatic rings. The van der Waals surface area contributed by atoms with E-state index < -0.39 is 11.4 Å². The summed E-state index contributed by atoms with van der Waals surface area (Å²) in [5, 5.41) is 2.76. The number of thioether (sulfide) groups is 1. The molecule has 0 radical (unpaired) electrons. The first-order chi connectivity index (χ1) is 8.28. The minimum Gasteiger partial charge on any atom is -0.351 e. The summed E-state index contributed by atoms with van der Waals surface area (Å²) in [6.45, 7) is -0.0624. The Kier molecular flexibility index (Phi) is 5.81. The highest BCUT2D eigenvalue weighted by atomic mass is 79.9. The van der Waals surface area contributed by atoms with Gasteiger partial charge in [-0.3, -0.25) is 4.79 Å². The van der Waals surface area contributed by atoms with Gasteiger partial charge in [0.1, 0.15) is 0 Å². The minimum absolute atomic E-state index is 0.0624. The van der Waals surface area contributed by atoms with Gasteiger partial charge in [-0.2, -0.15) is 13.2 Å². The lowest BCUT2D eigenvalue weighted by atomic mass is 10.2. The van der Waals surface area contributed by atoms with Crippen molar-refractivity contribution >= 4 is 45.2 Å². The highest BCUT2D eigenvalue weighted by Crippen LogP contribution is 2.29. The van der Waals surface area contributed by atoms with Crippen LogP contribution in [0.25, 0.3) is 0 Å². The quantitative estimate of drug-likeness (QED) is 0.818. The Morgan fingerprint density at radius 3 is 2.61 bits per heavy atom. The number of nitrogens with one attached hydrogen (secondary N) is 1. The lowest BCUT2D eigenvalue weighted by molar-refractivity contribution is -0.0327. The average Bonchev–Trinajstić information content (AvgIpc) is 2.21. The lowest BCUT2D eigenvalue weighted by Gasteiger charge is -2.07. The molecule has 2 nitrogen and oxygen atoms in total. The van der Waals surface area contributed by atoms with Crippen LogP contribution < -0.4 is 5.32 Å². The third-order valence-corrected chi connectivity index (χ3v) is 3.19. The Morgan fingerprint density at radius 2 is 2.06 bits per heavy atom. The number of carbonyl (C=O) groups is 1. The van der Waals surface area contributed by atoms with E-state index in [1.54, 1.807) is 6.07 Å². The first kappa shape index (κ1) is 15.7. The molecule has 0 heterocycles. The molecule has 1 aromatic carbocycles. The van der Waals surface area contributed by atoms with Crippen LogP contribution in [0, 0.1) is 0 Å². The zero-order chi connectivity index (χ0) is 13.8. The highest BCUT2D eigenvalue weighted by Gasteiger charge is 2.27. The molecule has 18 heavy (non-hydrogen) atoms. The van der Waals surface area contributed by atoms with Crippen molar-refractivity contribution < 1.29 is 18.0 Å². The van der Waals surface area contributed by atoms with Crippen molar-refractivity contribution in [2.75, 3.05) is 12.3 Å². The summed E-state index contributed by atoms with van der Waals surface area (Å²) in [4.78, 5) is 11.6. The topological polar surface area (TPSA) is 29.1 Å². The van der Waals surface area contributed by atoms with Gasteiger partial charge in [0, 0.05) is 27.4 Å². The number of alkyl halides is 3. The van der Waals surface area contributed by atoms with Crippen molar-refractivity contribution in [1.82, 2.24) is 5.32 Å². The van der Waals surface area contributed by atoms with E-state index in [1.165, 1.54) is 12.1 Å². The molecule has 0 aliphatic heterocycles. The van der Waals surface area contributed by atoms with E-state index in [0.717, 1.165) is 0 Å². The molecule has 1 rings (SSSR count). The van der Waals surface area contributed by atoms with Gasteiger partial charge in [0.15, 0.2) is 0 Å². The van der Waals surface area contributed by atoms with Gasteiger partial charge in [0.25, 0.3) is 5.91 Å². The summed E-state index contributed by atoms with van der Waals surface area (Å²) in [5.74, 6) is -0.683. The molecule has 1 N–H and O–H groups in total. The summed E-state index contributed by atoms with van der Waals surface area (Å²) in [7, 11) is 0. The van der Waals surface area contributed by atoms with Gasteiger partial charge in [-0.05, 0) is 30.0 Å². The van der Waals surface area contributed by atoms with E-state index in [0.29, 0.717) is 15.1 Å². The summed E-state index contributed by atoms with van der Waals surface area (Å²) < 4.78 is 36.1. The number of benzene rings is 1. The normalized spacial score (nSPS) is 11.4. The number of hydrogen-bond acceptors (Lipinski definition) is 2. The van der Waals surface area contributed by atoms with E-state index in [4.69, 9.17) is 11.6 Å². The molecule has 100 valence electrons. The molecule has 8 heteroatoms. The monoisotopic (exact) mass is 361 g/mol. The van der Waals surface area contributed by atoms with Gasteiger partial charge in [0.2, 0.25) is 0 Å². The average molecular weight is 363 g/mol. The smallest absolute Gasteiger partial charge is 0.351 e. The molecule has 0 unspecified atom stereocenters. The third-order valence-electron chi connectivity index (χ3n) is 1.78. The highest BCUT2D eigenvalue weighted by molar-refractivity contribution is 9.10. The summed E-state index contributed by atoms with van der Waals surface area (Å²) in [6.07, 6.45) is 0. The van der Waals surface area contributed by atoms with Crippen molar-refractivity contribution in [2.24, 2.45) is 0 Å². The number of rotatable bonds is 4. The Labute approximate surface area is 119 Å². The molecular formula is C10H8BrClF3NOS. The van der Waals surface area contributed by atoms with Crippen LogP contribution in [-0.2, 0) is 0 Å². The Morgan fingerprint density at radius 1 is 1.39 bits per heavy atom. The predicted molar refractivity (Wildman–Crippen MR) is 70.0 cm³/mol. The number of hydrogen-bond donors (Lipinski definition) is 1. The predicted octanol–water partition coefficient (Wildman–Crippen LogP) is 4.09. The lowest BCUT2D eigenvalue weighted by Crippen LogP contribution is -2.26. The maximum atomic E-state index is 11.8. The van der Waals surface area contributed by atoms with E-state index in [2.05, 4.69) is 21.2 Å². The van der Waals surface area contributed by atoms with Gasteiger partial charge in [-0.1, -0.05) is 27.5 Å². The van der Waals surface area contributed by atoms with Gasteiger partial charge >= 0.3 is 5.51 Å². The molecule has 0 saturated carbocycles. The number of carbonyl (C=O) groups excluding carboxylic acids is 1. The Bertz CT molecular complexity index is 421. The summed E-state index contributed by atoms with van der Waals surface area (Å²) in [6, 6.07) is 4.59. The fourth-order valence-electron chi connectivity index (χ4n) is 1.12. The molecule has 0 bridgehead atoms. The van der Waals surface area contributed by atoms with Crippen LogP contribution in [0.2, 0.25) is 5.02 Å². The van der Waals surface area contributed by atoms with Gasteiger partial charge < -0.3 is 5.32 Å². The molecule has 0 spiro atoms. The SMILES string of the molecule is O=C(NCCSC(F)(F)F)c1cc(Cl)cc(Br)c1. The fourth-order valence-corrected chi connectivity index (χ4v) is 2.41. The van der Waals surface area contributed by atoms with Crippen molar-refractivity contribution in [3.05, 3.63) is 33.3 Å². The van der Waals surface area contributed by atoms with Gasteiger partial charge in [-0.25, -0.2) is 0 Å². The largest absolute Gasteiger partial charge is 0.441 e. The first-order valence-electron chi connectivity index (χ1n) is 4.73. The molecule has 1 amide bonds. The van der Waals surface area contributed by atoms with E-state index in [-0.39, 0.29) is 24.1 Å². The maximum Gasteiger partial charge on any atom is 0.441 e. The second kappa shape index (κ2) is 6.68. The van der Waals surface area contributed by atoms with Crippen LogP contribution in [0.1, 0.15) is 10.4 Å². The number of halogens is 5. The Balaban J connectivity index is 2.46. The van der Waals surface area contributed by atoms with Crippen molar-refractivity contribution in [2.45, 2.75) is 5.51 Å². The number of amides is 1. The molecule has 0 saturated heterocycles. The molecule has 0 aliphatic carbocycles. The molecule has 0 atom stereocenters. The summed E-state index contributed by atoms with van der Waals surface area (Å²) in [5.41, 5.74) is -3.98. The van der Waals surface area contributed by atoms with Crippen molar-refractivity contribution in [1.29, 1.82) is 0 Å². The third kappa shape index (κ3) is 5.97. The van der Waals surface area contributed by atoms with Crippen LogP contribution in [0.5, 0.6) is 0 Å². The summed E-state index contributed by atoms with van der Waals surface area (Å²) >= 11 is 8.75. The van der Waals surface area contributed by atoms with Crippen LogP contribution >= 0.6 is 39.3 Å². The Hall–Kier alpha value is -0.400. The maximum absolute atomic E-state index is 11.8. The molecule has 0 fully saturated rings. The van der Waals surface area contributed by atoms with Gasteiger partial charge in [0.05, 0.1) is 0 Å². The van der Waals surface area contributed by atoms with Gasteiger partial charge in [-0.15, -0.1) is 0 Å². The first-order valence-corrected chi connectivity index (χ1v) is 6.88. The van der Waals surface area contributed by atoms with Crippen molar-refractivity contribution in [3.63, 3.8) is 0 Å². The standard InChI is InChI=1S/C10H8BrClF3NOS/c11-7-3-6(4-8(12)5-7)9(17)16-1-2-18-10(13,14)15/h3-5H,1-2H2,(H,16,17). The van der Waals surface area contributed by atoms with Crippen LogP contribution in [0.15, 0.2) is 22.7 Å². The van der Waals surface area contributed by atoms with Crippen LogP contribution in [0.4, 0.5) is 13.2 Å². The van der Waals surface area contributed by atoms with E-state index >= 15 is 0 Å².